The van der Waals surface area contributed by atoms with Gasteiger partial charge in [-0.2, -0.15) is 0 Å². The Balaban J connectivity index is 3.59. The number of hydrogen-bond acceptors (Lipinski definition) is 3. The lowest BCUT2D eigenvalue weighted by atomic mass is 10.0. The summed E-state index contributed by atoms with van der Waals surface area (Å²) in [6.07, 6.45) is 2.64. The van der Waals surface area contributed by atoms with E-state index in [1.54, 1.807) is 0 Å². The van der Waals surface area contributed by atoms with E-state index in [2.05, 4.69) is 22.6 Å². The van der Waals surface area contributed by atoms with Gasteiger partial charge in [0.1, 0.15) is 0 Å². The van der Waals surface area contributed by atoms with Crippen LogP contribution in [-0.2, 0) is 14.3 Å². The van der Waals surface area contributed by atoms with E-state index in [1.165, 1.54) is 6.92 Å². The van der Waals surface area contributed by atoms with Gasteiger partial charge in [-0.05, 0) is 35.4 Å². The van der Waals surface area contributed by atoms with Gasteiger partial charge in [0.05, 0.1) is 0 Å². The highest BCUT2D eigenvalue weighted by atomic mass is 127. The summed E-state index contributed by atoms with van der Waals surface area (Å²) >= 11 is 2.09. The van der Waals surface area contributed by atoms with Crippen molar-refractivity contribution in [2.45, 2.75) is 43.6 Å². The van der Waals surface area contributed by atoms with E-state index >= 15 is 0 Å². The summed E-state index contributed by atoms with van der Waals surface area (Å²) in [5.41, 5.74) is 0. The molecule has 88 valence electrons. The average Bonchev–Trinajstić information content (AvgIpc) is 2.10. The van der Waals surface area contributed by atoms with Crippen molar-refractivity contribution in [3.63, 3.8) is 0 Å². The first-order valence-electron chi connectivity index (χ1n) is 4.96. The second kappa shape index (κ2) is 7.90. The largest absolute Gasteiger partial charge is 0.481 e. The number of unbranched alkanes of at least 4 members (excludes halogenated alkanes) is 1. The van der Waals surface area contributed by atoms with Gasteiger partial charge in [-0.15, -0.1) is 0 Å². The van der Waals surface area contributed by atoms with E-state index < -0.39 is 5.97 Å². The highest BCUT2D eigenvalue weighted by Crippen LogP contribution is 2.21. The van der Waals surface area contributed by atoms with Crippen LogP contribution in [0.5, 0.6) is 0 Å². The van der Waals surface area contributed by atoms with Crippen LogP contribution in [0.3, 0.4) is 0 Å². The molecule has 0 bridgehead atoms. The first kappa shape index (κ1) is 14.7. The molecular weight excluding hydrogens is 311 g/mol. The van der Waals surface area contributed by atoms with Gasteiger partial charge in [0.15, 0.2) is 4.11 Å². The molecule has 4 nitrogen and oxygen atoms in total. The predicted octanol–water partition coefficient (Wildman–Crippen LogP) is 2.59. The molecule has 0 spiro atoms. The summed E-state index contributed by atoms with van der Waals surface area (Å²) in [7, 11) is 0. The second-order valence-electron chi connectivity index (χ2n) is 3.58. The van der Waals surface area contributed by atoms with Gasteiger partial charge in [-0.3, -0.25) is 9.59 Å². The van der Waals surface area contributed by atoms with Crippen molar-refractivity contribution in [2.75, 3.05) is 0 Å². The monoisotopic (exact) mass is 328 g/mol. The van der Waals surface area contributed by atoms with Gasteiger partial charge in [-0.1, -0.05) is 13.3 Å². The highest BCUT2D eigenvalue weighted by molar-refractivity contribution is 14.1. The van der Waals surface area contributed by atoms with E-state index in [0.29, 0.717) is 6.42 Å². The molecule has 5 heteroatoms. The van der Waals surface area contributed by atoms with Gasteiger partial charge < -0.3 is 9.84 Å². The van der Waals surface area contributed by atoms with Crippen molar-refractivity contribution in [1.29, 1.82) is 0 Å². The maximum Gasteiger partial charge on any atom is 0.303 e. The molecule has 0 saturated carbocycles. The van der Waals surface area contributed by atoms with Crippen molar-refractivity contribution in [1.82, 2.24) is 0 Å². The third kappa shape index (κ3) is 8.65. The van der Waals surface area contributed by atoms with Crippen LogP contribution in [0.25, 0.3) is 0 Å². The number of carbonyl (C=O) groups is 2. The van der Waals surface area contributed by atoms with E-state index in [1.807, 2.05) is 6.92 Å². The lowest BCUT2D eigenvalue weighted by Gasteiger charge is -2.17. The number of ether oxygens (including phenoxy) is 1. The molecule has 0 aliphatic rings. The molecule has 0 aliphatic carbocycles. The van der Waals surface area contributed by atoms with Crippen molar-refractivity contribution in [2.24, 2.45) is 5.92 Å². The molecule has 1 N–H and O–H groups in total. The van der Waals surface area contributed by atoms with E-state index in [0.717, 1.165) is 12.8 Å². The fourth-order valence-electron chi connectivity index (χ4n) is 1.15. The lowest BCUT2D eigenvalue weighted by Crippen LogP contribution is -2.17. The lowest BCUT2D eigenvalue weighted by molar-refractivity contribution is -0.143. The van der Waals surface area contributed by atoms with Crippen molar-refractivity contribution < 1.29 is 19.4 Å². The van der Waals surface area contributed by atoms with E-state index in [9.17, 15) is 9.59 Å². The molecule has 0 amide bonds. The quantitative estimate of drug-likeness (QED) is 0.338. The van der Waals surface area contributed by atoms with Crippen LogP contribution in [0.15, 0.2) is 0 Å². The Labute approximate surface area is 104 Å². The molecule has 0 heterocycles. The Morgan fingerprint density at radius 1 is 1.40 bits per heavy atom. The Bertz CT molecular complexity index is 217. The number of carboxylic acid groups (broad SMARTS) is 1. The molecule has 0 aromatic heterocycles. The third-order valence-electron chi connectivity index (χ3n) is 2.03. The summed E-state index contributed by atoms with van der Waals surface area (Å²) in [5.74, 6) is -0.760. The first-order valence-corrected chi connectivity index (χ1v) is 6.21. The normalized spacial score (nSPS) is 14.3. The number of carbonyl (C=O) groups excluding carboxylic acids is 1. The van der Waals surface area contributed by atoms with Gasteiger partial charge in [0.25, 0.3) is 0 Å². The fraction of sp³-hybridized carbons (Fsp3) is 0.800. The van der Waals surface area contributed by atoms with Crippen LogP contribution in [0.4, 0.5) is 0 Å². The average molecular weight is 328 g/mol. The number of alkyl halides is 1. The first-order chi connectivity index (χ1) is 6.93. The summed E-state index contributed by atoms with van der Waals surface area (Å²) in [4.78, 5) is 20.9. The second-order valence-corrected chi connectivity index (χ2v) is 4.81. The summed E-state index contributed by atoms with van der Waals surface area (Å²) in [6.45, 7) is 3.39. The number of halogens is 1. The Morgan fingerprint density at radius 2 is 2.00 bits per heavy atom. The van der Waals surface area contributed by atoms with Crippen LogP contribution in [0.2, 0.25) is 0 Å². The Kier molecular flexibility index (Phi) is 7.72. The zero-order valence-electron chi connectivity index (χ0n) is 9.03. The van der Waals surface area contributed by atoms with Crippen molar-refractivity contribution >= 4 is 34.5 Å². The standard InChI is InChI=1S/C10H17IO4/c1-7(10(11)15-8(2)12)5-3-4-6-9(13)14/h7,10H,3-6H2,1-2H3,(H,13,14). The fourth-order valence-corrected chi connectivity index (χ4v) is 1.87. The van der Waals surface area contributed by atoms with Gasteiger partial charge in [-0.25, -0.2) is 0 Å². The molecule has 0 aromatic carbocycles. The molecule has 15 heavy (non-hydrogen) atoms. The Hall–Kier alpha value is -0.330. The third-order valence-corrected chi connectivity index (χ3v) is 3.51. The molecule has 2 unspecified atom stereocenters. The maximum absolute atomic E-state index is 10.7. The van der Waals surface area contributed by atoms with Crippen molar-refractivity contribution in [3.8, 4) is 0 Å². The molecule has 0 saturated heterocycles. The number of esters is 1. The summed E-state index contributed by atoms with van der Waals surface area (Å²) < 4.78 is 4.90. The van der Waals surface area contributed by atoms with Crippen LogP contribution in [0.1, 0.15) is 39.5 Å². The highest BCUT2D eigenvalue weighted by Gasteiger charge is 2.16. The molecular formula is C10H17IO4. The number of aliphatic carboxylic acids is 1. The minimum absolute atomic E-state index is 0.120. The van der Waals surface area contributed by atoms with Gasteiger partial charge in [0.2, 0.25) is 0 Å². The smallest absolute Gasteiger partial charge is 0.303 e. The van der Waals surface area contributed by atoms with Gasteiger partial charge >= 0.3 is 11.9 Å². The van der Waals surface area contributed by atoms with E-state index in [4.69, 9.17) is 9.84 Å². The van der Waals surface area contributed by atoms with Crippen LogP contribution in [-0.4, -0.2) is 21.2 Å². The van der Waals surface area contributed by atoms with E-state index in [-0.39, 0.29) is 22.4 Å². The zero-order chi connectivity index (χ0) is 11.8. The predicted molar refractivity (Wildman–Crippen MR) is 64.8 cm³/mol. The topological polar surface area (TPSA) is 63.6 Å². The summed E-state index contributed by atoms with van der Waals surface area (Å²) in [5, 5.41) is 8.44. The molecule has 0 rings (SSSR count). The Morgan fingerprint density at radius 3 is 2.47 bits per heavy atom. The maximum atomic E-state index is 10.7. The van der Waals surface area contributed by atoms with Crippen molar-refractivity contribution in [3.05, 3.63) is 0 Å². The number of hydrogen-bond donors (Lipinski definition) is 1. The number of carboxylic acids is 1. The molecule has 2 atom stereocenters. The zero-order valence-corrected chi connectivity index (χ0v) is 11.2. The van der Waals surface area contributed by atoms with Crippen LogP contribution >= 0.6 is 22.6 Å². The molecule has 0 aliphatic heterocycles. The van der Waals surface area contributed by atoms with Crippen LogP contribution in [0, 0.1) is 5.92 Å². The molecule has 0 radical (unpaired) electrons. The molecule has 0 aromatic rings. The molecule has 0 fully saturated rings. The SMILES string of the molecule is CC(=O)OC(I)C(C)CCCCC(=O)O. The minimum atomic E-state index is -0.756. The van der Waals surface area contributed by atoms with Crippen LogP contribution < -0.4 is 0 Å². The minimum Gasteiger partial charge on any atom is -0.481 e. The van der Waals surface area contributed by atoms with Gasteiger partial charge in [0, 0.05) is 19.3 Å². The summed E-state index contributed by atoms with van der Waals surface area (Å²) in [6, 6.07) is 0. The number of rotatable bonds is 7.